The first-order valence-corrected chi connectivity index (χ1v) is 7.80. The zero-order chi connectivity index (χ0) is 14.7. The molecule has 1 atom stereocenters. The predicted molar refractivity (Wildman–Crippen MR) is 85.5 cm³/mol. The summed E-state index contributed by atoms with van der Waals surface area (Å²) in [5.41, 5.74) is 2.67. The van der Waals surface area contributed by atoms with E-state index in [0.29, 0.717) is 5.92 Å². The van der Waals surface area contributed by atoms with Crippen LogP contribution in [-0.2, 0) is 19.5 Å². The maximum absolute atomic E-state index is 6.00. The van der Waals surface area contributed by atoms with E-state index in [-0.39, 0.29) is 6.10 Å². The van der Waals surface area contributed by atoms with E-state index >= 15 is 0 Å². The normalized spacial score (nSPS) is 17.0. The maximum Gasteiger partial charge on any atom is 0.123 e. The number of nitrogens with zero attached hydrogens (tertiary/aromatic N) is 1. The van der Waals surface area contributed by atoms with Gasteiger partial charge in [-0.25, -0.2) is 0 Å². The highest BCUT2D eigenvalue weighted by Crippen LogP contribution is 2.28. The topological polar surface area (TPSA) is 26.2 Å². The van der Waals surface area contributed by atoms with E-state index in [1.54, 1.807) is 0 Å². The van der Waals surface area contributed by atoms with Crippen molar-refractivity contribution < 1.29 is 4.74 Å². The molecule has 0 saturated heterocycles. The maximum atomic E-state index is 6.00. The van der Waals surface area contributed by atoms with Gasteiger partial charge in [0.25, 0.3) is 0 Å². The molecular formula is C18H24N2O. The molecule has 0 spiro atoms. The van der Waals surface area contributed by atoms with Gasteiger partial charge >= 0.3 is 0 Å². The van der Waals surface area contributed by atoms with Crippen molar-refractivity contribution in [3.05, 3.63) is 53.9 Å². The Morgan fingerprint density at radius 2 is 2.14 bits per heavy atom. The molecule has 21 heavy (non-hydrogen) atoms. The number of fused-ring (bicyclic) bond motifs is 1. The number of hydrogen-bond donors (Lipinski definition) is 1. The molecule has 1 aliphatic rings. The molecule has 0 fully saturated rings. The average Bonchev–Trinajstić information content (AvgIpc) is 3.04. The van der Waals surface area contributed by atoms with Gasteiger partial charge in [0.2, 0.25) is 0 Å². The van der Waals surface area contributed by atoms with Crippen LogP contribution < -0.4 is 10.1 Å². The van der Waals surface area contributed by atoms with E-state index in [1.165, 1.54) is 11.1 Å². The van der Waals surface area contributed by atoms with Gasteiger partial charge < -0.3 is 14.6 Å². The SMILES string of the molecule is CC(C)CNCc1ccn(CC2Cc3ccccc3O2)c1. The average molecular weight is 284 g/mol. The van der Waals surface area contributed by atoms with Crippen LogP contribution in [0.5, 0.6) is 5.75 Å². The predicted octanol–water partition coefficient (Wildman–Crippen LogP) is 3.24. The molecule has 2 aromatic rings. The van der Waals surface area contributed by atoms with Gasteiger partial charge in [0.05, 0.1) is 6.54 Å². The third-order valence-electron chi connectivity index (χ3n) is 3.82. The summed E-state index contributed by atoms with van der Waals surface area (Å²) < 4.78 is 8.24. The van der Waals surface area contributed by atoms with E-state index in [1.807, 2.05) is 6.07 Å². The lowest BCUT2D eigenvalue weighted by molar-refractivity contribution is 0.209. The molecular weight excluding hydrogens is 260 g/mol. The summed E-state index contributed by atoms with van der Waals surface area (Å²) in [5.74, 6) is 1.74. The van der Waals surface area contributed by atoms with Crippen molar-refractivity contribution in [2.45, 2.75) is 39.5 Å². The Morgan fingerprint density at radius 3 is 2.95 bits per heavy atom. The fourth-order valence-corrected chi connectivity index (χ4v) is 2.80. The zero-order valence-electron chi connectivity index (χ0n) is 12.9. The lowest BCUT2D eigenvalue weighted by atomic mass is 10.1. The fourth-order valence-electron chi connectivity index (χ4n) is 2.80. The number of aromatic nitrogens is 1. The summed E-state index contributed by atoms with van der Waals surface area (Å²) in [4.78, 5) is 0. The van der Waals surface area contributed by atoms with Gasteiger partial charge in [-0.1, -0.05) is 32.0 Å². The Morgan fingerprint density at radius 1 is 1.29 bits per heavy atom. The van der Waals surface area contributed by atoms with Gasteiger partial charge in [0, 0.05) is 25.4 Å². The van der Waals surface area contributed by atoms with Crippen LogP contribution in [0.3, 0.4) is 0 Å². The summed E-state index contributed by atoms with van der Waals surface area (Å²) in [6.07, 6.45) is 5.64. The quantitative estimate of drug-likeness (QED) is 0.881. The number of benzene rings is 1. The van der Waals surface area contributed by atoms with Crippen molar-refractivity contribution in [1.82, 2.24) is 9.88 Å². The first-order chi connectivity index (χ1) is 10.2. The van der Waals surface area contributed by atoms with E-state index < -0.39 is 0 Å². The minimum atomic E-state index is 0.256. The van der Waals surface area contributed by atoms with Gasteiger partial charge in [-0.15, -0.1) is 0 Å². The smallest absolute Gasteiger partial charge is 0.123 e. The Hall–Kier alpha value is -1.74. The van der Waals surface area contributed by atoms with Crippen molar-refractivity contribution >= 4 is 0 Å². The fraction of sp³-hybridized carbons (Fsp3) is 0.444. The summed E-state index contributed by atoms with van der Waals surface area (Å²) in [6, 6.07) is 10.5. The molecule has 1 aliphatic heterocycles. The van der Waals surface area contributed by atoms with Crippen molar-refractivity contribution in [3.8, 4) is 5.75 Å². The molecule has 1 unspecified atom stereocenters. The third kappa shape index (κ3) is 3.67. The second kappa shape index (κ2) is 6.35. The summed E-state index contributed by atoms with van der Waals surface area (Å²) in [5, 5.41) is 3.48. The molecule has 0 radical (unpaired) electrons. The van der Waals surface area contributed by atoms with Gasteiger partial charge in [-0.2, -0.15) is 0 Å². The highest BCUT2D eigenvalue weighted by molar-refractivity contribution is 5.37. The second-order valence-corrected chi connectivity index (χ2v) is 6.29. The van der Waals surface area contributed by atoms with Gasteiger partial charge in [-0.3, -0.25) is 0 Å². The highest BCUT2D eigenvalue weighted by atomic mass is 16.5. The standard InChI is InChI=1S/C18H24N2O/c1-14(2)10-19-11-15-7-8-20(12-15)13-17-9-16-5-3-4-6-18(16)21-17/h3-8,12,14,17,19H,9-11,13H2,1-2H3. The van der Waals surface area contributed by atoms with Crippen molar-refractivity contribution in [1.29, 1.82) is 0 Å². The summed E-state index contributed by atoms with van der Waals surface area (Å²) in [6.45, 7) is 7.38. The number of ether oxygens (including phenoxy) is 1. The van der Waals surface area contributed by atoms with Gasteiger partial charge in [0.15, 0.2) is 0 Å². The van der Waals surface area contributed by atoms with Gasteiger partial charge in [0.1, 0.15) is 11.9 Å². The van der Waals surface area contributed by atoms with E-state index in [4.69, 9.17) is 4.74 Å². The van der Waals surface area contributed by atoms with E-state index in [0.717, 1.165) is 31.8 Å². The summed E-state index contributed by atoms with van der Waals surface area (Å²) in [7, 11) is 0. The molecule has 1 aromatic carbocycles. The van der Waals surface area contributed by atoms with Crippen LogP contribution >= 0.6 is 0 Å². The minimum Gasteiger partial charge on any atom is -0.488 e. The Balaban J connectivity index is 1.52. The minimum absolute atomic E-state index is 0.256. The summed E-state index contributed by atoms with van der Waals surface area (Å²) >= 11 is 0. The number of hydrogen-bond acceptors (Lipinski definition) is 2. The van der Waals surface area contributed by atoms with E-state index in [2.05, 4.69) is 60.4 Å². The number of nitrogens with one attached hydrogen (secondary N) is 1. The molecule has 0 aliphatic carbocycles. The van der Waals surface area contributed by atoms with Crippen LogP contribution in [0, 0.1) is 5.92 Å². The largest absolute Gasteiger partial charge is 0.488 e. The Kier molecular flexibility index (Phi) is 4.30. The lowest BCUT2D eigenvalue weighted by Gasteiger charge is -2.11. The molecule has 3 rings (SSSR count). The first kappa shape index (κ1) is 14.2. The molecule has 3 heteroatoms. The molecule has 112 valence electrons. The van der Waals surface area contributed by atoms with Crippen LogP contribution in [0.4, 0.5) is 0 Å². The van der Waals surface area contributed by atoms with Crippen LogP contribution in [0.1, 0.15) is 25.0 Å². The van der Waals surface area contributed by atoms with Crippen LogP contribution in [0.2, 0.25) is 0 Å². The Bertz CT molecular complexity index is 563. The number of rotatable bonds is 6. The van der Waals surface area contributed by atoms with Crippen LogP contribution in [0.15, 0.2) is 42.7 Å². The first-order valence-electron chi connectivity index (χ1n) is 7.80. The monoisotopic (exact) mass is 284 g/mol. The molecule has 0 saturated carbocycles. The molecule has 0 bridgehead atoms. The van der Waals surface area contributed by atoms with E-state index in [9.17, 15) is 0 Å². The highest BCUT2D eigenvalue weighted by Gasteiger charge is 2.22. The lowest BCUT2D eigenvalue weighted by Crippen LogP contribution is -2.20. The van der Waals surface area contributed by atoms with Crippen molar-refractivity contribution in [2.75, 3.05) is 6.54 Å². The van der Waals surface area contributed by atoms with Crippen LogP contribution in [0.25, 0.3) is 0 Å². The molecule has 3 nitrogen and oxygen atoms in total. The number of para-hydroxylation sites is 1. The van der Waals surface area contributed by atoms with Crippen molar-refractivity contribution in [3.63, 3.8) is 0 Å². The molecule has 1 N–H and O–H groups in total. The molecule has 2 heterocycles. The van der Waals surface area contributed by atoms with Crippen molar-refractivity contribution in [2.24, 2.45) is 5.92 Å². The molecule has 0 amide bonds. The van der Waals surface area contributed by atoms with Gasteiger partial charge in [-0.05, 0) is 35.7 Å². The Labute approximate surface area is 126 Å². The second-order valence-electron chi connectivity index (χ2n) is 6.29. The third-order valence-corrected chi connectivity index (χ3v) is 3.82. The van der Waals surface area contributed by atoms with Crippen LogP contribution in [-0.4, -0.2) is 17.2 Å². The molecule has 1 aromatic heterocycles. The zero-order valence-corrected chi connectivity index (χ0v) is 12.9.